The van der Waals surface area contributed by atoms with Gasteiger partial charge in [-0.3, -0.25) is 4.79 Å². The fraction of sp³-hybridized carbons (Fsp3) is 0.375. The number of aliphatic carboxylic acids is 1. The molecule has 0 amide bonds. The lowest BCUT2D eigenvalue weighted by Gasteiger charge is -2.12. The molecule has 72 valence electrons. The van der Waals surface area contributed by atoms with E-state index in [1.54, 1.807) is 19.1 Å². The number of rotatable bonds is 3. The molecule has 13 heavy (non-hydrogen) atoms. The molecule has 1 heterocycles. The summed E-state index contributed by atoms with van der Waals surface area (Å²) in [7, 11) is 0. The first-order valence-corrected chi connectivity index (χ1v) is 4.13. The Labute approximate surface area is 80.3 Å². The van der Waals surface area contributed by atoms with Crippen LogP contribution in [-0.2, 0) is 4.79 Å². The van der Waals surface area contributed by atoms with Crippen molar-refractivity contribution in [1.82, 2.24) is 0 Å². The Kier molecular flexibility index (Phi) is 2.95. The molecule has 0 saturated heterocycles. The highest BCUT2D eigenvalue weighted by atomic mass is 35.5. The molecule has 4 nitrogen and oxygen atoms in total. The van der Waals surface area contributed by atoms with Crippen LogP contribution in [0.25, 0.3) is 0 Å². The lowest BCUT2D eigenvalue weighted by atomic mass is 10.0. The van der Waals surface area contributed by atoms with Crippen LogP contribution >= 0.6 is 11.6 Å². The third-order valence-electron chi connectivity index (χ3n) is 1.87. The van der Waals surface area contributed by atoms with E-state index in [4.69, 9.17) is 26.9 Å². The molecule has 3 N–H and O–H groups in total. The number of furan rings is 1. The van der Waals surface area contributed by atoms with Crippen LogP contribution in [0.5, 0.6) is 0 Å². The third-order valence-corrected chi connectivity index (χ3v) is 2.07. The van der Waals surface area contributed by atoms with E-state index in [1.165, 1.54) is 0 Å². The summed E-state index contributed by atoms with van der Waals surface area (Å²) in [6.07, 6.45) is 0. The summed E-state index contributed by atoms with van der Waals surface area (Å²) in [5, 5.41) is 8.86. The fourth-order valence-corrected chi connectivity index (χ4v) is 1.12. The van der Waals surface area contributed by atoms with Crippen molar-refractivity contribution >= 4 is 17.6 Å². The number of halogens is 1. The Morgan fingerprint density at radius 1 is 1.69 bits per heavy atom. The van der Waals surface area contributed by atoms with Crippen LogP contribution in [0.1, 0.15) is 18.6 Å². The van der Waals surface area contributed by atoms with E-state index in [9.17, 15) is 4.79 Å². The van der Waals surface area contributed by atoms with Crippen LogP contribution in [0.3, 0.4) is 0 Å². The molecule has 2 unspecified atom stereocenters. The second-order valence-corrected chi connectivity index (χ2v) is 3.17. The Balaban J connectivity index is 2.78. The van der Waals surface area contributed by atoms with Crippen LogP contribution < -0.4 is 5.73 Å². The summed E-state index contributed by atoms with van der Waals surface area (Å²) >= 11 is 5.53. The van der Waals surface area contributed by atoms with Gasteiger partial charge < -0.3 is 15.3 Å². The molecule has 2 atom stereocenters. The van der Waals surface area contributed by atoms with E-state index in [2.05, 4.69) is 0 Å². The van der Waals surface area contributed by atoms with Crippen LogP contribution in [0.2, 0.25) is 5.22 Å². The highest BCUT2D eigenvalue weighted by molar-refractivity contribution is 6.28. The van der Waals surface area contributed by atoms with Gasteiger partial charge in [0, 0.05) is 5.92 Å². The fourth-order valence-electron chi connectivity index (χ4n) is 0.964. The Hall–Kier alpha value is -1.00. The Morgan fingerprint density at radius 2 is 2.31 bits per heavy atom. The molecule has 0 bridgehead atoms. The van der Waals surface area contributed by atoms with Gasteiger partial charge in [0.2, 0.25) is 0 Å². The lowest BCUT2D eigenvalue weighted by Crippen LogP contribution is -2.35. The van der Waals surface area contributed by atoms with E-state index in [1.807, 2.05) is 0 Å². The number of hydrogen-bond donors (Lipinski definition) is 2. The van der Waals surface area contributed by atoms with E-state index in [-0.39, 0.29) is 11.1 Å². The quantitative estimate of drug-likeness (QED) is 0.780. The van der Waals surface area contributed by atoms with Crippen molar-refractivity contribution in [1.29, 1.82) is 0 Å². The van der Waals surface area contributed by atoms with Crippen LogP contribution in [0.4, 0.5) is 0 Å². The second-order valence-electron chi connectivity index (χ2n) is 2.79. The van der Waals surface area contributed by atoms with Crippen molar-refractivity contribution in [3.05, 3.63) is 23.1 Å². The molecule has 0 spiro atoms. The summed E-state index contributed by atoms with van der Waals surface area (Å²) in [5.74, 6) is -0.954. The smallest absolute Gasteiger partial charge is 0.321 e. The van der Waals surface area contributed by atoms with Gasteiger partial charge in [0.25, 0.3) is 0 Å². The zero-order chi connectivity index (χ0) is 10.0. The summed E-state index contributed by atoms with van der Waals surface area (Å²) in [6.45, 7) is 1.67. The van der Waals surface area contributed by atoms with E-state index < -0.39 is 12.0 Å². The monoisotopic (exact) mass is 203 g/mol. The highest BCUT2D eigenvalue weighted by Crippen LogP contribution is 2.23. The van der Waals surface area contributed by atoms with Gasteiger partial charge in [-0.15, -0.1) is 0 Å². The zero-order valence-electron chi connectivity index (χ0n) is 7.03. The van der Waals surface area contributed by atoms with Crippen molar-refractivity contribution in [2.24, 2.45) is 5.73 Å². The normalized spacial score (nSPS) is 15.3. The van der Waals surface area contributed by atoms with Crippen molar-refractivity contribution in [2.45, 2.75) is 18.9 Å². The standard InChI is InChI=1S/C8H10ClNO3/c1-4(7(10)8(11)12)5-2-3-6(9)13-5/h2-4,7H,10H2,1H3,(H,11,12). The third kappa shape index (κ3) is 2.23. The molecule has 0 aromatic carbocycles. The van der Waals surface area contributed by atoms with E-state index >= 15 is 0 Å². The average molecular weight is 204 g/mol. The minimum absolute atomic E-state index is 0.236. The molecule has 0 aliphatic carbocycles. The Morgan fingerprint density at radius 3 is 2.69 bits per heavy atom. The van der Waals surface area contributed by atoms with Gasteiger partial charge in [-0.1, -0.05) is 6.92 Å². The van der Waals surface area contributed by atoms with Crippen molar-refractivity contribution in [3.63, 3.8) is 0 Å². The first-order chi connectivity index (χ1) is 6.02. The Bertz CT molecular complexity index is 310. The maximum atomic E-state index is 10.5. The summed E-state index contributed by atoms with van der Waals surface area (Å²) in [6, 6.07) is 2.21. The van der Waals surface area contributed by atoms with Gasteiger partial charge >= 0.3 is 5.97 Å². The number of carbonyl (C=O) groups is 1. The summed E-state index contributed by atoms with van der Waals surface area (Å²) in [5.41, 5.74) is 5.40. The average Bonchev–Trinajstić information content (AvgIpc) is 2.49. The molecule has 0 aliphatic heterocycles. The van der Waals surface area contributed by atoms with Crippen molar-refractivity contribution in [2.75, 3.05) is 0 Å². The maximum Gasteiger partial charge on any atom is 0.321 e. The molecule has 1 rings (SSSR count). The van der Waals surface area contributed by atoms with Gasteiger partial charge in [-0.2, -0.15) is 0 Å². The molecular formula is C8H10ClNO3. The highest BCUT2D eigenvalue weighted by Gasteiger charge is 2.23. The first kappa shape index (κ1) is 10.1. The number of nitrogens with two attached hydrogens (primary N) is 1. The SMILES string of the molecule is CC(c1ccc(Cl)o1)C(N)C(=O)O. The van der Waals surface area contributed by atoms with Crippen LogP contribution in [-0.4, -0.2) is 17.1 Å². The van der Waals surface area contributed by atoms with Crippen LogP contribution in [0, 0.1) is 0 Å². The van der Waals surface area contributed by atoms with Gasteiger partial charge in [0.15, 0.2) is 5.22 Å². The molecule has 1 aromatic heterocycles. The van der Waals surface area contributed by atoms with Crippen molar-refractivity contribution in [3.8, 4) is 0 Å². The summed E-state index contributed by atoms with van der Waals surface area (Å²) in [4.78, 5) is 10.5. The number of carboxylic acid groups (broad SMARTS) is 1. The maximum absolute atomic E-state index is 10.5. The van der Waals surface area contributed by atoms with E-state index in [0.29, 0.717) is 5.76 Å². The van der Waals surface area contributed by atoms with Crippen molar-refractivity contribution < 1.29 is 14.3 Å². The largest absolute Gasteiger partial charge is 0.480 e. The minimum Gasteiger partial charge on any atom is -0.480 e. The topological polar surface area (TPSA) is 76.5 Å². The minimum atomic E-state index is -1.06. The number of hydrogen-bond acceptors (Lipinski definition) is 3. The molecule has 1 aromatic rings. The lowest BCUT2D eigenvalue weighted by molar-refractivity contribution is -0.139. The molecule has 5 heteroatoms. The molecular weight excluding hydrogens is 194 g/mol. The van der Waals surface area contributed by atoms with Gasteiger partial charge in [-0.25, -0.2) is 0 Å². The zero-order valence-corrected chi connectivity index (χ0v) is 7.78. The number of carboxylic acids is 1. The van der Waals surface area contributed by atoms with Gasteiger partial charge in [-0.05, 0) is 23.7 Å². The van der Waals surface area contributed by atoms with Crippen LogP contribution in [0.15, 0.2) is 16.5 Å². The molecule has 0 fully saturated rings. The second kappa shape index (κ2) is 3.81. The van der Waals surface area contributed by atoms with E-state index in [0.717, 1.165) is 0 Å². The molecule has 0 radical (unpaired) electrons. The predicted molar refractivity (Wildman–Crippen MR) is 47.7 cm³/mol. The van der Waals surface area contributed by atoms with Gasteiger partial charge in [0.05, 0.1) is 0 Å². The predicted octanol–water partition coefficient (Wildman–Crippen LogP) is 1.45. The first-order valence-electron chi connectivity index (χ1n) is 3.76. The van der Waals surface area contributed by atoms with Gasteiger partial charge in [0.1, 0.15) is 11.8 Å². The molecule has 0 saturated carbocycles. The molecule has 0 aliphatic rings. The summed E-state index contributed by atoms with van der Waals surface area (Å²) < 4.78 is 5.04.